The van der Waals surface area contributed by atoms with Crippen LogP contribution in [0.2, 0.25) is 0 Å². The lowest BCUT2D eigenvalue weighted by atomic mass is 9.91. The van der Waals surface area contributed by atoms with E-state index in [2.05, 4.69) is 10.1 Å². The number of nitrogens with zero attached hydrogens (tertiary/aromatic N) is 3. The SMILES string of the molecule is CCC(F)(F)n1ncc2cnc(C(C)(C)C)cc21. The number of pyridine rings is 1. The molecule has 0 aliphatic rings. The molecule has 0 N–H and O–H groups in total. The molecule has 3 nitrogen and oxygen atoms in total. The molecule has 0 aliphatic heterocycles. The van der Waals surface area contributed by atoms with Gasteiger partial charge >= 0.3 is 6.05 Å². The maximum absolute atomic E-state index is 13.8. The Morgan fingerprint density at radius 2 is 1.89 bits per heavy atom. The third-order valence-corrected chi connectivity index (χ3v) is 2.96. The van der Waals surface area contributed by atoms with E-state index in [4.69, 9.17) is 0 Å². The van der Waals surface area contributed by atoms with Gasteiger partial charge in [0.25, 0.3) is 0 Å². The minimum atomic E-state index is -2.96. The van der Waals surface area contributed by atoms with Gasteiger partial charge in [-0.2, -0.15) is 13.9 Å². The Hall–Kier alpha value is -1.52. The van der Waals surface area contributed by atoms with Gasteiger partial charge in [-0.1, -0.05) is 27.7 Å². The van der Waals surface area contributed by atoms with Gasteiger partial charge in [0.1, 0.15) is 0 Å². The fourth-order valence-corrected chi connectivity index (χ4v) is 1.74. The van der Waals surface area contributed by atoms with Crippen LogP contribution < -0.4 is 0 Å². The van der Waals surface area contributed by atoms with Crippen molar-refractivity contribution in [3.8, 4) is 0 Å². The zero-order chi connectivity index (χ0) is 13.6. The van der Waals surface area contributed by atoms with E-state index in [0.717, 1.165) is 10.4 Å². The first-order valence-electron chi connectivity index (χ1n) is 5.98. The van der Waals surface area contributed by atoms with Gasteiger partial charge in [-0.15, -0.1) is 0 Å². The van der Waals surface area contributed by atoms with Gasteiger partial charge in [-0.25, -0.2) is 4.68 Å². The van der Waals surface area contributed by atoms with Crippen LogP contribution in [0.3, 0.4) is 0 Å². The summed E-state index contributed by atoms with van der Waals surface area (Å²) >= 11 is 0. The number of aromatic nitrogens is 3. The summed E-state index contributed by atoms with van der Waals surface area (Å²) in [5.74, 6) is 0. The molecule has 0 saturated carbocycles. The zero-order valence-electron chi connectivity index (χ0n) is 11.0. The lowest BCUT2D eigenvalue weighted by molar-refractivity contribution is -0.0910. The van der Waals surface area contributed by atoms with E-state index < -0.39 is 6.05 Å². The average Bonchev–Trinajstić information content (AvgIpc) is 2.71. The third kappa shape index (κ3) is 2.09. The van der Waals surface area contributed by atoms with Crippen molar-refractivity contribution in [1.82, 2.24) is 14.8 Å². The van der Waals surface area contributed by atoms with Crippen LogP contribution in [-0.2, 0) is 11.5 Å². The molecule has 0 atom stereocenters. The highest BCUT2D eigenvalue weighted by atomic mass is 19.3. The fraction of sp³-hybridized carbons (Fsp3) is 0.538. The van der Waals surface area contributed by atoms with Gasteiger partial charge in [0, 0.05) is 29.1 Å². The third-order valence-electron chi connectivity index (χ3n) is 2.96. The van der Waals surface area contributed by atoms with Crippen LogP contribution >= 0.6 is 0 Å². The van der Waals surface area contributed by atoms with Crippen molar-refractivity contribution in [3.63, 3.8) is 0 Å². The minimum Gasteiger partial charge on any atom is -0.260 e. The Balaban J connectivity index is 2.64. The summed E-state index contributed by atoms with van der Waals surface area (Å²) in [4.78, 5) is 4.30. The lowest BCUT2D eigenvalue weighted by Crippen LogP contribution is -2.23. The Morgan fingerprint density at radius 3 is 2.44 bits per heavy atom. The molecular weight excluding hydrogens is 236 g/mol. The highest BCUT2D eigenvalue weighted by Crippen LogP contribution is 2.30. The number of halogens is 2. The molecule has 0 aromatic carbocycles. The zero-order valence-corrected chi connectivity index (χ0v) is 11.0. The topological polar surface area (TPSA) is 30.7 Å². The van der Waals surface area contributed by atoms with Crippen molar-refractivity contribution in [3.05, 3.63) is 24.2 Å². The predicted molar refractivity (Wildman–Crippen MR) is 66.7 cm³/mol. The second-order valence-electron chi connectivity index (χ2n) is 5.45. The summed E-state index contributed by atoms with van der Waals surface area (Å²) in [6.07, 6.45) is 2.75. The summed E-state index contributed by atoms with van der Waals surface area (Å²) in [5, 5.41) is 4.42. The molecule has 2 aromatic heterocycles. The molecule has 5 heteroatoms. The second kappa shape index (κ2) is 4.00. The van der Waals surface area contributed by atoms with E-state index in [0.29, 0.717) is 10.9 Å². The predicted octanol–water partition coefficient (Wildman–Crippen LogP) is 3.69. The molecule has 18 heavy (non-hydrogen) atoms. The summed E-state index contributed by atoms with van der Waals surface area (Å²) in [6.45, 7) is 7.44. The van der Waals surface area contributed by atoms with Crippen molar-refractivity contribution in [2.24, 2.45) is 0 Å². The van der Waals surface area contributed by atoms with Gasteiger partial charge in [0.05, 0.1) is 11.7 Å². The molecule has 0 aliphatic carbocycles. The van der Waals surface area contributed by atoms with E-state index in [1.54, 1.807) is 12.3 Å². The Kier molecular flexibility index (Phi) is 2.87. The summed E-state index contributed by atoms with van der Waals surface area (Å²) in [6, 6.07) is -1.26. The molecule has 98 valence electrons. The van der Waals surface area contributed by atoms with Gasteiger partial charge in [0.2, 0.25) is 0 Å². The van der Waals surface area contributed by atoms with Crippen LogP contribution in [0.4, 0.5) is 8.78 Å². The van der Waals surface area contributed by atoms with Crippen LogP contribution in [0.1, 0.15) is 39.8 Å². The first kappa shape index (κ1) is 12.9. The van der Waals surface area contributed by atoms with Crippen molar-refractivity contribution < 1.29 is 8.78 Å². The molecule has 0 unspecified atom stereocenters. The normalized spacial score (nSPS) is 13.2. The van der Waals surface area contributed by atoms with E-state index in [-0.39, 0.29) is 11.8 Å². The van der Waals surface area contributed by atoms with Crippen molar-refractivity contribution in [2.45, 2.75) is 45.6 Å². The lowest BCUT2D eigenvalue weighted by Gasteiger charge is -2.19. The average molecular weight is 253 g/mol. The molecule has 2 rings (SSSR count). The highest BCUT2D eigenvalue weighted by Gasteiger charge is 2.31. The maximum Gasteiger partial charge on any atom is 0.343 e. The van der Waals surface area contributed by atoms with Gasteiger partial charge in [-0.05, 0) is 6.07 Å². The van der Waals surface area contributed by atoms with E-state index in [1.807, 2.05) is 20.8 Å². The van der Waals surface area contributed by atoms with Crippen LogP contribution in [0.5, 0.6) is 0 Å². The first-order chi connectivity index (χ1) is 8.25. The van der Waals surface area contributed by atoms with Crippen molar-refractivity contribution in [2.75, 3.05) is 0 Å². The Morgan fingerprint density at radius 1 is 1.22 bits per heavy atom. The van der Waals surface area contributed by atoms with Crippen molar-refractivity contribution in [1.29, 1.82) is 0 Å². The first-order valence-corrected chi connectivity index (χ1v) is 5.98. The fourth-order valence-electron chi connectivity index (χ4n) is 1.74. The largest absolute Gasteiger partial charge is 0.343 e. The van der Waals surface area contributed by atoms with Gasteiger partial charge in [0.15, 0.2) is 0 Å². The van der Waals surface area contributed by atoms with Gasteiger partial charge < -0.3 is 0 Å². The molecule has 0 saturated heterocycles. The number of hydrogen-bond donors (Lipinski definition) is 0. The standard InChI is InChI=1S/C13H17F2N3/c1-5-13(14,15)18-10-6-11(12(2,3)4)16-7-9(10)8-17-18/h6-8H,5H2,1-4H3. The van der Waals surface area contributed by atoms with Crippen LogP contribution in [0.15, 0.2) is 18.5 Å². The number of hydrogen-bond acceptors (Lipinski definition) is 2. The summed E-state index contributed by atoms with van der Waals surface area (Å²) in [7, 11) is 0. The van der Waals surface area contributed by atoms with Gasteiger partial charge in [-0.3, -0.25) is 4.98 Å². The van der Waals surface area contributed by atoms with E-state index >= 15 is 0 Å². The molecular formula is C13H17F2N3. The van der Waals surface area contributed by atoms with E-state index in [9.17, 15) is 8.78 Å². The van der Waals surface area contributed by atoms with Crippen molar-refractivity contribution >= 4 is 10.9 Å². The minimum absolute atomic E-state index is 0.176. The number of fused-ring (bicyclic) bond motifs is 1. The second-order valence-corrected chi connectivity index (χ2v) is 5.45. The maximum atomic E-state index is 13.8. The van der Waals surface area contributed by atoms with Crippen LogP contribution in [-0.4, -0.2) is 14.8 Å². The monoisotopic (exact) mass is 253 g/mol. The molecule has 2 aromatic rings. The number of rotatable bonds is 2. The summed E-state index contributed by atoms with van der Waals surface area (Å²) in [5.41, 5.74) is 1.04. The highest BCUT2D eigenvalue weighted by molar-refractivity contribution is 5.78. The quantitative estimate of drug-likeness (QED) is 0.817. The Bertz CT molecular complexity index is 567. The van der Waals surface area contributed by atoms with E-state index in [1.165, 1.54) is 13.1 Å². The molecule has 0 bridgehead atoms. The molecule has 2 heterocycles. The van der Waals surface area contributed by atoms with Crippen LogP contribution in [0, 0.1) is 0 Å². The molecule has 0 amide bonds. The number of alkyl halides is 2. The molecule has 0 spiro atoms. The molecule has 0 fully saturated rings. The Labute approximate surface area is 105 Å². The van der Waals surface area contributed by atoms with Crippen LogP contribution in [0.25, 0.3) is 10.9 Å². The summed E-state index contributed by atoms with van der Waals surface area (Å²) < 4.78 is 28.3. The molecule has 0 radical (unpaired) electrons. The smallest absolute Gasteiger partial charge is 0.260 e.